The van der Waals surface area contributed by atoms with E-state index in [1.165, 1.54) is 7.11 Å². The zero-order valence-electron chi connectivity index (χ0n) is 8.58. The summed E-state index contributed by atoms with van der Waals surface area (Å²) in [6.07, 6.45) is 1.15. The summed E-state index contributed by atoms with van der Waals surface area (Å²) in [6, 6.07) is 5.63. The Labute approximate surface area is 93.2 Å². The van der Waals surface area contributed by atoms with Crippen LogP contribution < -0.4 is 5.32 Å². The van der Waals surface area contributed by atoms with E-state index in [-0.39, 0.29) is 5.97 Å². The van der Waals surface area contributed by atoms with Crippen molar-refractivity contribution in [3.8, 4) is 0 Å². The summed E-state index contributed by atoms with van der Waals surface area (Å²) < 4.78 is 4.69. The van der Waals surface area contributed by atoms with Crippen molar-refractivity contribution in [1.82, 2.24) is 0 Å². The number of nitrogens with one attached hydrogen (secondary N) is 1. The fraction of sp³-hybridized carbons (Fsp3) is 0.364. The van der Waals surface area contributed by atoms with Gasteiger partial charge in [-0.3, -0.25) is 0 Å². The van der Waals surface area contributed by atoms with E-state index in [2.05, 4.69) is 10.1 Å². The number of rotatable bonds is 1. The maximum Gasteiger partial charge on any atom is 0.337 e. The zero-order chi connectivity index (χ0) is 10.7. The van der Waals surface area contributed by atoms with Crippen LogP contribution >= 0.6 is 11.8 Å². The number of fused-ring (bicyclic) bond motifs is 1. The third kappa shape index (κ3) is 2.26. The van der Waals surface area contributed by atoms with Gasteiger partial charge in [0.1, 0.15) is 0 Å². The number of hydrogen-bond donors (Lipinski definition) is 1. The van der Waals surface area contributed by atoms with Gasteiger partial charge >= 0.3 is 5.97 Å². The van der Waals surface area contributed by atoms with E-state index < -0.39 is 0 Å². The van der Waals surface area contributed by atoms with Crippen LogP contribution in [0.1, 0.15) is 16.8 Å². The lowest BCUT2D eigenvalue weighted by Gasteiger charge is -2.08. The molecule has 0 fully saturated rings. The molecule has 0 saturated heterocycles. The monoisotopic (exact) mass is 223 g/mol. The van der Waals surface area contributed by atoms with Crippen LogP contribution in [0.15, 0.2) is 23.1 Å². The third-order valence-electron chi connectivity index (χ3n) is 2.30. The first-order valence-corrected chi connectivity index (χ1v) is 5.89. The second-order valence-electron chi connectivity index (χ2n) is 3.33. The standard InChI is InChI=1S/C11H13NO2S/c1-14-11(13)8-3-4-9-10(7-8)15-6-2-5-12-9/h3-4,7,12H,2,5-6H2,1H3. The molecule has 0 amide bonds. The second-order valence-corrected chi connectivity index (χ2v) is 4.47. The van der Waals surface area contributed by atoms with Crippen LogP contribution in [0.25, 0.3) is 0 Å². The first-order valence-electron chi connectivity index (χ1n) is 4.90. The van der Waals surface area contributed by atoms with Gasteiger partial charge in [-0.15, -0.1) is 11.8 Å². The summed E-state index contributed by atoms with van der Waals surface area (Å²) in [6.45, 7) is 0.998. The topological polar surface area (TPSA) is 38.3 Å². The van der Waals surface area contributed by atoms with E-state index in [1.807, 2.05) is 12.1 Å². The molecule has 0 atom stereocenters. The summed E-state index contributed by atoms with van der Waals surface area (Å²) in [4.78, 5) is 12.5. The highest BCUT2D eigenvalue weighted by Gasteiger charge is 2.11. The maximum absolute atomic E-state index is 11.3. The Morgan fingerprint density at radius 1 is 1.53 bits per heavy atom. The molecule has 2 rings (SSSR count). The molecule has 0 bridgehead atoms. The van der Waals surface area contributed by atoms with Gasteiger partial charge in [0, 0.05) is 17.1 Å². The minimum atomic E-state index is -0.275. The van der Waals surface area contributed by atoms with Crippen LogP contribution in [0.2, 0.25) is 0 Å². The van der Waals surface area contributed by atoms with Crippen LogP contribution in [0.4, 0.5) is 5.69 Å². The fourth-order valence-corrected chi connectivity index (χ4v) is 2.52. The third-order valence-corrected chi connectivity index (χ3v) is 3.44. The van der Waals surface area contributed by atoms with Gasteiger partial charge in [0.2, 0.25) is 0 Å². The van der Waals surface area contributed by atoms with E-state index in [0.29, 0.717) is 5.56 Å². The van der Waals surface area contributed by atoms with Crippen molar-refractivity contribution in [2.75, 3.05) is 24.7 Å². The summed E-state index contributed by atoms with van der Waals surface area (Å²) >= 11 is 1.78. The number of hydrogen-bond acceptors (Lipinski definition) is 4. The molecule has 80 valence electrons. The van der Waals surface area contributed by atoms with Gasteiger partial charge in [0.25, 0.3) is 0 Å². The molecule has 1 aromatic carbocycles. The van der Waals surface area contributed by atoms with Crippen LogP contribution in [0.3, 0.4) is 0 Å². The van der Waals surface area contributed by atoms with Crippen LogP contribution in [-0.4, -0.2) is 25.4 Å². The summed E-state index contributed by atoms with van der Waals surface area (Å²) in [5.41, 5.74) is 1.73. The molecule has 0 unspecified atom stereocenters. The Balaban J connectivity index is 2.31. The van der Waals surface area contributed by atoms with E-state index >= 15 is 0 Å². The van der Waals surface area contributed by atoms with Gasteiger partial charge in [-0.2, -0.15) is 0 Å². The Hall–Kier alpha value is -1.16. The number of methoxy groups -OCH3 is 1. The molecule has 4 heteroatoms. The molecule has 1 aliphatic heterocycles. The number of benzene rings is 1. The predicted octanol–water partition coefficient (Wildman–Crippen LogP) is 2.38. The minimum absolute atomic E-state index is 0.275. The first kappa shape index (κ1) is 10.4. The number of carbonyl (C=O) groups excluding carboxylic acids is 1. The molecule has 0 saturated carbocycles. The Kier molecular flexibility index (Phi) is 3.16. The van der Waals surface area contributed by atoms with Crippen molar-refractivity contribution >= 4 is 23.4 Å². The van der Waals surface area contributed by atoms with Gasteiger partial charge in [0.15, 0.2) is 0 Å². The molecule has 3 nitrogen and oxygen atoms in total. The Bertz CT molecular complexity index is 379. The number of ether oxygens (including phenoxy) is 1. The minimum Gasteiger partial charge on any atom is -0.465 e. The van der Waals surface area contributed by atoms with Crippen LogP contribution in [0.5, 0.6) is 0 Å². The summed E-state index contributed by atoms with van der Waals surface area (Å²) in [5.74, 6) is 0.813. The fourth-order valence-electron chi connectivity index (χ4n) is 1.51. The van der Waals surface area contributed by atoms with Crippen LogP contribution in [-0.2, 0) is 4.74 Å². The number of thioether (sulfide) groups is 1. The first-order chi connectivity index (χ1) is 7.31. The maximum atomic E-state index is 11.3. The lowest BCUT2D eigenvalue weighted by molar-refractivity contribution is 0.0600. The number of esters is 1. The van der Waals surface area contributed by atoms with Crippen molar-refractivity contribution in [3.63, 3.8) is 0 Å². The highest BCUT2D eigenvalue weighted by Crippen LogP contribution is 2.31. The molecule has 1 heterocycles. The predicted molar refractivity (Wildman–Crippen MR) is 61.6 cm³/mol. The number of anilines is 1. The average molecular weight is 223 g/mol. The molecule has 0 aromatic heterocycles. The number of carbonyl (C=O) groups is 1. The summed E-state index contributed by atoms with van der Waals surface area (Å²) in [7, 11) is 1.40. The molecular formula is C11H13NO2S. The SMILES string of the molecule is COC(=O)c1ccc2c(c1)SCCCN2. The van der Waals surface area contributed by atoms with E-state index in [1.54, 1.807) is 17.8 Å². The van der Waals surface area contributed by atoms with Crippen molar-refractivity contribution in [2.24, 2.45) is 0 Å². The average Bonchev–Trinajstić information content (AvgIpc) is 2.51. The van der Waals surface area contributed by atoms with Gasteiger partial charge in [-0.05, 0) is 30.4 Å². The molecule has 1 aromatic rings. The lowest BCUT2D eigenvalue weighted by atomic mass is 10.2. The zero-order valence-corrected chi connectivity index (χ0v) is 9.39. The van der Waals surface area contributed by atoms with Crippen molar-refractivity contribution in [2.45, 2.75) is 11.3 Å². The Morgan fingerprint density at radius 3 is 3.20 bits per heavy atom. The highest BCUT2D eigenvalue weighted by atomic mass is 32.2. The highest BCUT2D eigenvalue weighted by molar-refractivity contribution is 7.99. The summed E-state index contributed by atoms with van der Waals surface area (Å²) in [5, 5.41) is 3.34. The Morgan fingerprint density at radius 2 is 2.40 bits per heavy atom. The van der Waals surface area contributed by atoms with Gasteiger partial charge in [-0.1, -0.05) is 0 Å². The molecule has 0 radical (unpaired) electrons. The van der Waals surface area contributed by atoms with E-state index in [9.17, 15) is 4.79 Å². The van der Waals surface area contributed by atoms with Crippen molar-refractivity contribution < 1.29 is 9.53 Å². The molecule has 0 aliphatic carbocycles. The smallest absolute Gasteiger partial charge is 0.337 e. The van der Waals surface area contributed by atoms with E-state index in [0.717, 1.165) is 29.3 Å². The van der Waals surface area contributed by atoms with Gasteiger partial charge in [0.05, 0.1) is 12.7 Å². The van der Waals surface area contributed by atoms with Gasteiger partial charge < -0.3 is 10.1 Å². The molecule has 1 N–H and O–H groups in total. The van der Waals surface area contributed by atoms with E-state index in [4.69, 9.17) is 0 Å². The molecule has 0 spiro atoms. The normalized spacial score (nSPS) is 14.7. The largest absolute Gasteiger partial charge is 0.465 e. The van der Waals surface area contributed by atoms with Crippen molar-refractivity contribution in [1.29, 1.82) is 0 Å². The quantitative estimate of drug-likeness (QED) is 0.742. The molecule has 1 aliphatic rings. The van der Waals surface area contributed by atoms with Crippen molar-refractivity contribution in [3.05, 3.63) is 23.8 Å². The van der Waals surface area contributed by atoms with Crippen LogP contribution in [0, 0.1) is 0 Å². The second kappa shape index (κ2) is 4.57. The molecular weight excluding hydrogens is 210 g/mol. The molecule has 15 heavy (non-hydrogen) atoms. The van der Waals surface area contributed by atoms with Gasteiger partial charge in [-0.25, -0.2) is 4.79 Å². The lowest BCUT2D eigenvalue weighted by Crippen LogP contribution is -2.03.